The SMILES string of the molecule is CCNC(CC)c1nnc(CC(C)C(C)(C)C)s1. The zero-order chi connectivity index (χ0) is 13.8. The van der Waals surface area contributed by atoms with Crippen LogP contribution in [0.1, 0.15) is 64.0 Å². The summed E-state index contributed by atoms with van der Waals surface area (Å²) in [6.07, 6.45) is 2.10. The first-order valence-electron chi connectivity index (χ1n) is 6.94. The second kappa shape index (κ2) is 6.62. The largest absolute Gasteiger partial charge is 0.308 e. The first kappa shape index (κ1) is 15.6. The average Bonchev–Trinajstić information content (AvgIpc) is 2.73. The number of aromatic nitrogens is 2. The van der Waals surface area contributed by atoms with Gasteiger partial charge in [0, 0.05) is 6.42 Å². The topological polar surface area (TPSA) is 37.8 Å². The van der Waals surface area contributed by atoms with Gasteiger partial charge >= 0.3 is 0 Å². The van der Waals surface area contributed by atoms with Gasteiger partial charge in [-0.25, -0.2) is 0 Å². The van der Waals surface area contributed by atoms with Gasteiger partial charge in [-0.2, -0.15) is 0 Å². The van der Waals surface area contributed by atoms with Crippen LogP contribution in [0.4, 0.5) is 0 Å². The van der Waals surface area contributed by atoms with Gasteiger partial charge < -0.3 is 5.32 Å². The zero-order valence-corrected chi connectivity index (χ0v) is 13.4. The van der Waals surface area contributed by atoms with E-state index in [1.54, 1.807) is 11.3 Å². The fourth-order valence-corrected chi connectivity index (χ4v) is 2.84. The molecular formula is C14H27N3S. The van der Waals surface area contributed by atoms with Crippen molar-refractivity contribution in [3.63, 3.8) is 0 Å². The third kappa shape index (κ3) is 4.32. The van der Waals surface area contributed by atoms with Crippen LogP contribution in [0.25, 0.3) is 0 Å². The van der Waals surface area contributed by atoms with Crippen LogP contribution in [-0.2, 0) is 6.42 Å². The molecule has 1 aromatic rings. The maximum atomic E-state index is 4.35. The molecule has 0 bridgehead atoms. The van der Waals surface area contributed by atoms with E-state index in [0.717, 1.165) is 24.4 Å². The lowest BCUT2D eigenvalue weighted by Gasteiger charge is -2.26. The number of rotatable bonds is 6. The minimum absolute atomic E-state index is 0.331. The fourth-order valence-electron chi connectivity index (χ4n) is 1.71. The molecular weight excluding hydrogens is 242 g/mol. The van der Waals surface area contributed by atoms with Gasteiger partial charge in [0.15, 0.2) is 0 Å². The highest BCUT2D eigenvalue weighted by molar-refractivity contribution is 7.11. The van der Waals surface area contributed by atoms with E-state index in [9.17, 15) is 0 Å². The zero-order valence-electron chi connectivity index (χ0n) is 12.6. The Hall–Kier alpha value is -0.480. The third-order valence-corrected chi connectivity index (χ3v) is 4.66. The molecule has 0 saturated carbocycles. The summed E-state index contributed by atoms with van der Waals surface area (Å²) in [5.41, 5.74) is 0.331. The van der Waals surface area contributed by atoms with Crippen molar-refractivity contribution in [3.8, 4) is 0 Å². The Labute approximate surface area is 115 Å². The minimum atomic E-state index is 0.331. The number of hydrogen-bond donors (Lipinski definition) is 1. The highest BCUT2D eigenvalue weighted by Gasteiger charge is 2.22. The summed E-state index contributed by atoms with van der Waals surface area (Å²) in [5.74, 6) is 0.623. The highest BCUT2D eigenvalue weighted by atomic mass is 32.1. The van der Waals surface area contributed by atoms with Crippen molar-refractivity contribution < 1.29 is 0 Å². The van der Waals surface area contributed by atoms with Gasteiger partial charge in [0.1, 0.15) is 10.0 Å². The molecule has 0 aromatic carbocycles. The second-order valence-corrected chi connectivity index (χ2v) is 7.12. The summed E-state index contributed by atoms with van der Waals surface area (Å²) in [6.45, 7) is 14.4. The predicted molar refractivity (Wildman–Crippen MR) is 78.9 cm³/mol. The van der Waals surface area contributed by atoms with E-state index in [1.165, 1.54) is 5.01 Å². The summed E-state index contributed by atoms with van der Waals surface area (Å²) in [6, 6.07) is 0.367. The molecule has 18 heavy (non-hydrogen) atoms. The third-order valence-electron chi connectivity index (χ3n) is 3.60. The highest BCUT2D eigenvalue weighted by Crippen LogP contribution is 2.30. The monoisotopic (exact) mass is 269 g/mol. The van der Waals surface area contributed by atoms with Crippen molar-refractivity contribution in [3.05, 3.63) is 10.0 Å². The molecule has 1 N–H and O–H groups in total. The van der Waals surface area contributed by atoms with Crippen LogP contribution in [0.15, 0.2) is 0 Å². The maximum Gasteiger partial charge on any atom is 0.134 e. The maximum absolute atomic E-state index is 4.35. The standard InChI is InChI=1S/C14H27N3S/c1-7-11(15-8-2)13-17-16-12(18-13)9-10(3)14(4,5)6/h10-11,15H,7-9H2,1-6H3. The molecule has 1 heterocycles. The quantitative estimate of drug-likeness (QED) is 0.853. The Bertz CT molecular complexity index is 354. The van der Waals surface area contributed by atoms with Crippen LogP contribution in [0.5, 0.6) is 0 Å². The molecule has 3 nitrogen and oxygen atoms in total. The van der Waals surface area contributed by atoms with E-state index in [1.807, 2.05) is 0 Å². The van der Waals surface area contributed by atoms with Gasteiger partial charge in [-0.1, -0.05) is 52.9 Å². The van der Waals surface area contributed by atoms with E-state index >= 15 is 0 Å². The van der Waals surface area contributed by atoms with Crippen molar-refractivity contribution in [1.82, 2.24) is 15.5 Å². The molecule has 0 fully saturated rings. The Morgan fingerprint density at radius 2 is 1.89 bits per heavy atom. The molecule has 1 aromatic heterocycles. The van der Waals surface area contributed by atoms with E-state index in [0.29, 0.717) is 17.4 Å². The first-order valence-corrected chi connectivity index (χ1v) is 7.75. The van der Waals surface area contributed by atoms with Crippen molar-refractivity contribution >= 4 is 11.3 Å². The van der Waals surface area contributed by atoms with Crippen LogP contribution >= 0.6 is 11.3 Å². The van der Waals surface area contributed by atoms with Crippen molar-refractivity contribution in [2.24, 2.45) is 11.3 Å². The molecule has 2 atom stereocenters. The van der Waals surface area contributed by atoms with Crippen molar-refractivity contribution in [2.45, 2.75) is 60.4 Å². The molecule has 0 radical (unpaired) electrons. The van der Waals surface area contributed by atoms with Gasteiger partial charge in [-0.15, -0.1) is 10.2 Å². The lowest BCUT2D eigenvalue weighted by atomic mass is 9.80. The van der Waals surface area contributed by atoms with E-state index < -0.39 is 0 Å². The van der Waals surface area contributed by atoms with Crippen LogP contribution in [0.2, 0.25) is 0 Å². The molecule has 2 unspecified atom stereocenters. The lowest BCUT2D eigenvalue weighted by molar-refractivity contribution is 0.259. The van der Waals surface area contributed by atoms with E-state index in [2.05, 4.69) is 57.1 Å². The molecule has 0 aliphatic rings. The Morgan fingerprint density at radius 3 is 2.39 bits per heavy atom. The fraction of sp³-hybridized carbons (Fsp3) is 0.857. The number of nitrogens with one attached hydrogen (secondary N) is 1. The normalized spacial score (nSPS) is 15.7. The molecule has 0 aliphatic carbocycles. The van der Waals surface area contributed by atoms with Gasteiger partial charge in [-0.3, -0.25) is 0 Å². The Kier molecular flexibility index (Phi) is 5.73. The number of hydrogen-bond acceptors (Lipinski definition) is 4. The van der Waals surface area contributed by atoms with Gasteiger partial charge in [0.25, 0.3) is 0 Å². The van der Waals surface area contributed by atoms with Crippen LogP contribution in [0.3, 0.4) is 0 Å². The molecule has 104 valence electrons. The molecule has 0 saturated heterocycles. The average molecular weight is 269 g/mol. The van der Waals surface area contributed by atoms with Gasteiger partial charge in [-0.05, 0) is 24.3 Å². The Morgan fingerprint density at radius 1 is 1.22 bits per heavy atom. The summed E-state index contributed by atoms with van der Waals surface area (Å²) < 4.78 is 0. The van der Waals surface area contributed by atoms with Crippen LogP contribution in [-0.4, -0.2) is 16.7 Å². The summed E-state index contributed by atoms with van der Waals surface area (Å²) in [5, 5.41) is 14.5. The summed E-state index contributed by atoms with van der Waals surface area (Å²) >= 11 is 1.77. The van der Waals surface area contributed by atoms with Crippen LogP contribution in [0, 0.1) is 11.3 Å². The molecule has 0 spiro atoms. The van der Waals surface area contributed by atoms with Crippen LogP contribution < -0.4 is 5.32 Å². The molecule has 0 aliphatic heterocycles. The van der Waals surface area contributed by atoms with E-state index in [4.69, 9.17) is 0 Å². The summed E-state index contributed by atoms with van der Waals surface area (Å²) in [4.78, 5) is 0. The smallest absolute Gasteiger partial charge is 0.134 e. The van der Waals surface area contributed by atoms with Crippen molar-refractivity contribution in [2.75, 3.05) is 6.54 Å². The van der Waals surface area contributed by atoms with E-state index in [-0.39, 0.29) is 0 Å². The van der Waals surface area contributed by atoms with Gasteiger partial charge in [0.05, 0.1) is 6.04 Å². The minimum Gasteiger partial charge on any atom is -0.308 e. The Balaban J connectivity index is 2.68. The second-order valence-electron chi connectivity index (χ2n) is 6.02. The lowest BCUT2D eigenvalue weighted by Crippen LogP contribution is -2.19. The first-order chi connectivity index (χ1) is 8.38. The molecule has 1 rings (SSSR count). The van der Waals surface area contributed by atoms with Gasteiger partial charge in [0.2, 0.25) is 0 Å². The van der Waals surface area contributed by atoms with Crippen molar-refractivity contribution in [1.29, 1.82) is 0 Å². The summed E-state index contributed by atoms with van der Waals surface area (Å²) in [7, 11) is 0. The predicted octanol–water partition coefficient (Wildman–Crippen LogP) is 3.82. The molecule has 0 amide bonds. The number of nitrogens with zero attached hydrogens (tertiary/aromatic N) is 2. The molecule has 4 heteroatoms.